The Hall–Kier alpha value is -3.27. The van der Waals surface area contributed by atoms with Gasteiger partial charge in [0.25, 0.3) is 5.91 Å². The number of rotatable bonds is 8. The summed E-state index contributed by atoms with van der Waals surface area (Å²) in [5.74, 6) is 0.360. The summed E-state index contributed by atoms with van der Waals surface area (Å²) in [6.45, 7) is 0. The first-order valence-corrected chi connectivity index (χ1v) is 11.5. The first-order valence-electron chi connectivity index (χ1n) is 9.76. The highest BCUT2D eigenvalue weighted by molar-refractivity contribution is 7.98. The third kappa shape index (κ3) is 5.39. The second kappa shape index (κ2) is 10.1. The van der Waals surface area contributed by atoms with Gasteiger partial charge in [-0.15, -0.1) is 11.8 Å². The van der Waals surface area contributed by atoms with Gasteiger partial charge in [0.05, 0.1) is 11.3 Å². The number of primary amides is 1. The molecule has 0 bridgehead atoms. The van der Waals surface area contributed by atoms with E-state index in [1.165, 1.54) is 0 Å². The van der Waals surface area contributed by atoms with E-state index in [-0.39, 0.29) is 17.2 Å². The fourth-order valence-electron chi connectivity index (χ4n) is 3.06. The van der Waals surface area contributed by atoms with Crippen molar-refractivity contribution in [2.75, 3.05) is 5.32 Å². The maximum Gasteiger partial charge on any atom is 0.256 e. The molecule has 0 spiro atoms. The molecular formula is C22H19Cl2N7OS. The predicted octanol–water partition coefficient (Wildman–Crippen LogP) is 5.34. The number of benzene rings is 2. The van der Waals surface area contributed by atoms with Crippen LogP contribution in [0, 0.1) is 0 Å². The molecule has 2 aromatic carbocycles. The molecule has 0 fully saturated rings. The number of thioether (sulfide) groups is 1. The summed E-state index contributed by atoms with van der Waals surface area (Å²) in [4.78, 5) is 17.7. The summed E-state index contributed by atoms with van der Waals surface area (Å²) < 4.78 is 1.58. The normalized spacial score (nSPS) is 11.2. The van der Waals surface area contributed by atoms with E-state index in [1.54, 1.807) is 54.0 Å². The van der Waals surface area contributed by atoms with Crippen molar-refractivity contribution in [3.8, 4) is 0 Å². The zero-order chi connectivity index (χ0) is 23.4. The Labute approximate surface area is 204 Å². The predicted molar refractivity (Wildman–Crippen MR) is 133 cm³/mol. The Morgan fingerprint density at radius 1 is 1.24 bits per heavy atom. The average Bonchev–Trinajstić information content (AvgIpc) is 3.31. The van der Waals surface area contributed by atoms with E-state index in [4.69, 9.17) is 28.9 Å². The van der Waals surface area contributed by atoms with E-state index < -0.39 is 5.91 Å². The quantitative estimate of drug-likeness (QED) is 0.223. The topological polar surface area (TPSA) is 114 Å². The number of halogens is 2. The van der Waals surface area contributed by atoms with Crippen LogP contribution in [0.4, 0.5) is 17.3 Å². The van der Waals surface area contributed by atoms with Crippen LogP contribution in [-0.4, -0.2) is 32.1 Å². The molecule has 0 saturated heterocycles. The van der Waals surface area contributed by atoms with Crippen LogP contribution in [0.1, 0.15) is 21.6 Å². The van der Waals surface area contributed by atoms with Gasteiger partial charge >= 0.3 is 0 Å². The monoisotopic (exact) mass is 499 g/mol. The molecule has 168 valence electrons. The molecule has 1 amide bonds. The van der Waals surface area contributed by atoms with Gasteiger partial charge in [-0.1, -0.05) is 47.5 Å². The summed E-state index contributed by atoms with van der Waals surface area (Å²) in [5, 5.41) is 15.4. The minimum atomic E-state index is -0.683. The second-order valence-electron chi connectivity index (χ2n) is 6.93. The summed E-state index contributed by atoms with van der Waals surface area (Å²) in [7, 11) is 1.76. The third-order valence-corrected chi connectivity index (χ3v) is 6.32. The number of nitrogens with one attached hydrogen (secondary N) is 2. The molecule has 0 unspecified atom stereocenters. The lowest BCUT2D eigenvalue weighted by atomic mass is 10.2. The molecular weight excluding hydrogens is 481 g/mol. The van der Waals surface area contributed by atoms with Crippen molar-refractivity contribution in [2.24, 2.45) is 17.8 Å². The average molecular weight is 500 g/mol. The van der Waals surface area contributed by atoms with Crippen LogP contribution in [0.5, 0.6) is 0 Å². The first-order chi connectivity index (χ1) is 15.9. The van der Waals surface area contributed by atoms with E-state index >= 15 is 0 Å². The fraction of sp³-hybridized carbons (Fsp3) is 0.0909. The molecule has 11 heteroatoms. The van der Waals surface area contributed by atoms with Gasteiger partial charge in [0.15, 0.2) is 11.6 Å². The Morgan fingerprint density at radius 2 is 2.03 bits per heavy atom. The molecule has 0 radical (unpaired) electrons. The van der Waals surface area contributed by atoms with Crippen LogP contribution >= 0.6 is 35.0 Å². The molecule has 0 atom stereocenters. The largest absolute Gasteiger partial charge is 0.365 e. The Kier molecular flexibility index (Phi) is 7.02. The van der Waals surface area contributed by atoms with E-state index in [0.29, 0.717) is 27.2 Å². The third-order valence-electron chi connectivity index (χ3n) is 4.61. The van der Waals surface area contributed by atoms with E-state index in [9.17, 15) is 4.79 Å². The molecule has 0 aliphatic rings. The summed E-state index contributed by atoms with van der Waals surface area (Å²) >= 11 is 14.1. The van der Waals surface area contributed by atoms with Crippen molar-refractivity contribution >= 4 is 64.4 Å². The first kappa shape index (κ1) is 22.9. The van der Waals surface area contributed by atoms with Crippen LogP contribution in [0.25, 0.3) is 0 Å². The van der Waals surface area contributed by atoms with E-state index in [0.717, 1.165) is 10.6 Å². The highest BCUT2D eigenvalue weighted by Crippen LogP contribution is 2.29. The standard InChI is InChI=1S/C22H19Cl2N7OS/c1-31-19(24)16(17(30-31)12-33-15-8-3-2-4-9-15)11-26-21-18(20(25)32)22(29-28-21)27-14-7-5-6-13(23)10-14/h2-11H,12H2,1H3,(H2,25,32)(H2,27,28,29)/b26-11+. The number of carbonyl (C=O) groups excluding carboxylic acids is 1. The Morgan fingerprint density at radius 3 is 2.76 bits per heavy atom. The SMILES string of the molecule is Cn1nc(CSc2ccccc2)c(/C=N/c2[nH]nc(Nc3cccc(Cl)c3)c2C(N)=O)c1Cl. The Balaban J connectivity index is 1.60. The van der Waals surface area contributed by atoms with E-state index in [1.807, 2.05) is 30.3 Å². The number of nitrogens with zero attached hydrogens (tertiary/aromatic N) is 4. The molecule has 4 N–H and O–H groups in total. The van der Waals surface area contributed by atoms with Crippen molar-refractivity contribution in [1.29, 1.82) is 0 Å². The van der Waals surface area contributed by atoms with Gasteiger partial charge in [-0.2, -0.15) is 10.2 Å². The number of hydrogen-bond donors (Lipinski definition) is 3. The number of hydrogen-bond acceptors (Lipinski definition) is 6. The zero-order valence-electron chi connectivity index (χ0n) is 17.4. The van der Waals surface area contributed by atoms with Gasteiger partial charge in [0, 0.05) is 34.6 Å². The Bertz CT molecular complexity index is 1320. The highest BCUT2D eigenvalue weighted by Gasteiger charge is 2.19. The number of aromatic amines is 1. The van der Waals surface area contributed by atoms with Gasteiger partial charge in [-0.05, 0) is 30.3 Å². The molecule has 2 aromatic heterocycles. The molecule has 0 aliphatic carbocycles. The van der Waals surface area contributed by atoms with Gasteiger partial charge < -0.3 is 11.1 Å². The molecule has 0 saturated carbocycles. The van der Waals surface area contributed by atoms with Crippen LogP contribution in [-0.2, 0) is 12.8 Å². The maximum atomic E-state index is 12.1. The van der Waals surface area contributed by atoms with Gasteiger partial charge in [-0.3, -0.25) is 14.6 Å². The van der Waals surface area contributed by atoms with Gasteiger partial charge in [0.2, 0.25) is 0 Å². The van der Waals surface area contributed by atoms with E-state index in [2.05, 4.69) is 25.6 Å². The molecule has 4 aromatic rings. The summed E-state index contributed by atoms with van der Waals surface area (Å²) in [5.41, 5.74) is 7.79. The number of anilines is 2. The molecule has 4 rings (SSSR count). The van der Waals surface area contributed by atoms with Crippen LogP contribution < -0.4 is 11.1 Å². The van der Waals surface area contributed by atoms with Crippen LogP contribution in [0.15, 0.2) is 64.5 Å². The number of aryl methyl sites for hydroxylation is 1. The summed E-state index contributed by atoms with van der Waals surface area (Å²) in [6, 6.07) is 17.0. The molecule has 2 heterocycles. The number of H-pyrrole nitrogens is 1. The smallest absolute Gasteiger partial charge is 0.256 e. The zero-order valence-corrected chi connectivity index (χ0v) is 19.7. The van der Waals surface area contributed by atoms with Crippen molar-refractivity contribution in [3.63, 3.8) is 0 Å². The van der Waals surface area contributed by atoms with Crippen LogP contribution in [0.2, 0.25) is 10.2 Å². The number of aliphatic imine (C=N–C) groups is 1. The second-order valence-corrected chi connectivity index (χ2v) is 8.77. The van der Waals surface area contributed by atoms with Gasteiger partial charge in [-0.25, -0.2) is 4.99 Å². The minimum Gasteiger partial charge on any atom is -0.365 e. The van der Waals surface area contributed by atoms with Crippen molar-refractivity contribution < 1.29 is 4.79 Å². The van der Waals surface area contributed by atoms with Crippen molar-refractivity contribution in [1.82, 2.24) is 20.0 Å². The van der Waals surface area contributed by atoms with Gasteiger partial charge in [0.1, 0.15) is 10.7 Å². The lowest BCUT2D eigenvalue weighted by Crippen LogP contribution is -2.12. The lowest BCUT2D eigenvalue weighted by Gasteiger charge is -2.05. The highest BCUT2D eigenvalue weighted by atomic mass is 35.5. The lowest BCUT2D eigenvalue weighted by molar-refractivity contribution is 0.100. The van der Waals surface area contributed by atoms with Crippen LogP contribution in [0.3, 0.4) is 0 Å². The van der Waals surface area contributed by atoms with Crippen molar-refractivity contribution in [2.45, 2.75) is 10.6 Å². The molecule has 33 heavy (non-hydrogen) atoms. The molecule has 0 aliphatic heterocycles. The number of aromatic nitrogens is 4. The number of nitrogens with two attached hydrogens (primary N) is 1. The van der Waals surface area contributed by atoms with Crippen molar-refractivity contribution in [3.05, 3.63) is 81.6 Å². The minimum absolute atomic E-state index is 0.117. The fourth-order valence-corrected chi connectivity index (χ4v) is 4.31. The number of carbonyl (C=O) groups is 1. The summed E-state index contributed by atoms with van der Waals surface area (Å²) in [6.07, 6.45) is 1.55. The maximum absolute atomic E-state index is 12.1. The number of amides is 1. The molecule has 8 nitrogen and oxygen atoms in total.